The predicted molar refractivity (Wildman–Crippen MR) is 127 cm³/mol. The van der Waals surface area contributed by atoms with Gasteiger partial charge in [-0.2, -0.15) is 5.10 Å². The monoisotopic (exact) mass is 478 g/mol. The predicted octanol–water partition coefficient (Wildman–Crippen LogP) is 3.00. The number of aliphatic carboxylic acids is 1. The summed E-state index contributed by atoms with van der Waals surface area (Å²) in [6.45, 7) is 0.527. The molecular formula is C25H26N4O6. The van der Waals surface area contributed by atoms with Gasteiger partial charge in [0.2, 0.25) is 0 Å². The summed E-state index contributed by atoms with van der Waals surface area (Å²) in [6, 6.07) is 16.1. The van der Waals surface area contributed by atoms with Gasteiger partial charge in [0.25, 0.3) is 5.91 Å². The number of carbonyl (C=O) groups is 3. The topological polar surface area (TPSA) is 132 Å². The zero-order chi connectivity index (χ0) is 24.8. The molecule has 3 aromatic rings. The van der Waals surface area contributed by atoms with Gasteiger partial charge >= 0.3 is 12.1 Å². The number of anilines is 1. The van der Waals surface area contributed by atoms with Crippen LogP contribution in [0, 0.1) is 0 Å². The second-order valence-corrected chi connectivity index (χ2v) is 8.03. The minimum Gasteiger partial charge on any atom is -0.481 e. The fraction of sp³-hybridized carbons (Fsp3) is 0.280. The molecule has 0 aliphatic heterocycles. The average Bonchev–Trinajstić information content (AvgIpc) is 3.37. The van der Waals surface area contributed by atoms with Gasteiger partial charge in [0.05, 0.1) is 25.3 Å². The van der Waals surface area contributed by atoms with Crippen LogP contribution in [-0.2, 0) is 21.3 Å². The first-order valence-electron chi connectivity index (χ1n) is 11.2. The Morgan fingerprint density at radius 3 is 2.34 bits per heavy atom. The summed E-state index contributed by atoms with van der Waals surface area (Å²) in [7, 11) is 1.63. The van der Waals surface area contributed by atoms with Crippen LogP contribution in [0.4, 0.5) is 10.5 Å². The number of carboxylic acids is 1. The van der Waals surface area contributed by atoms with Gasteiger partial charge < -0.3 is 19.9 Å². The van der Waals surface area contributed by atoms with Crippen molar-refractivity contribution in [2.75, 3.05) is 31.7 Å². The third-order valence-corrected chi connectivity index (χ3v) is 5.62. The Morgan fingerprint density at radius 2 is 1.69 bits per heavy atom. The first kappa shape index (κ1) is 24.0. The molecule has 0 fully saturated rings. The van der Waals surface area contributed by atoms with E-state index in [0.717, 1.165) is 22.3 Å². The molecule has 0 unspecified atom stereocenters. The van der Waals surface area contributed by atoms with Crippen molar-refractivity contribution in [1.29, 1.82) is 0 Å². The number of aryl methyl sites for hydroxylation is 1. The third kappa shape index (κ3) is 5.67. The summed E-state index contributed by atoms with van der Waals surface area (Å²) >= 11 is 0. The molecule has 0 saturated carbocycles. The lowest BCUT2D eigenvalue weighted by Crippen LogP contribution is -2.29. The van der Waals surface area contributed by atoms with Crippen molar-refractivity contribution in [3.8, 4) is 11.1 Å². The van der Waals surface area contributed by atoms with Crippen LogP contribution < -0.4 is 10.6 Å². The Balaban J connectivity index is 1.33. The highest BCUT2D eigenvalue weighted by atomic mass is 16.5. The fourth-order valence-electron chi connectivity index (χ4n) is 4.07. The summed E-state index contributed by atoms with van der Waals surface area (Å²) in [5.41, 5.74) is 4.73. The average molecular weight is 479 g/mol. The number of hydrogen-bond donors (Lipinski definition) is 3. The largest absolute Gasteiger partial charge is 0.481 e. The molecule has 1 aliphatic rings. The van der Waals surface area contributed by atoms with Gasteiger partial charge in [0, 0.05) is 25.7 Å². The van der Waals surface area contributed by atoms with Crippen LogP contribution in [-0.4, -0.2) is 59.2 Å². The molecular weight excluding hydrogens is 452 g/mol. The summed E-state index contributed by atoms with van der Waals surface area (Å²) in [6.07, 6.45) is 0.716. The number of benzene rings is 2. The van der Waals surface area contributed by atoms with Gasteiger partial charge in [0.15, 0.2) is 5.69 Å². The Hall–Kier alpha value is -4.18. The quantitative estimate of drug-likeness (QED) is 0.382. The van der Waals surface area contributed by atoms with Crippen molar-refractivity contribution >= 4 is 23.7 Å². The number of fused-ring (bicyclic) bond motifs is 3. The van der Waals surface area contributed by atoms with Crippen LogP contribution in [0.2, 0.25) is 0 Å². The van der Waals surface area contributed by atoms with E-state index < -0.39 is 18.0 Å². The van der Waals surface area contributed by atoms with E-state index in [-0.39, 0.29) is 50.1 Å². The number of nitrogens with one attached hydrogen (secondary N) is 2. The Kier molecular flexibility index (Phi) is 7.41. The van der Waals surface area contributed by atoms with Gasteiger partial charge in [-0.05, 0) is 22.3 Å². The van der Waals surface area contributed by atoms with Gasteiger partial charge in [0.1, 0.15) is 6.61 Å². The van der Waals surface area contributed by atoms with Crippen LogP contribution >= 0.6 is 0 Å². The van der Waals surface area contributed by atoms with Crippen LogP contribution in [0.25, 0.3) is 11.1 Å². The number of amides is 2. The Bertz CT molecular complexity index is 1190. The number of hydrogen-bond acceptors (Lipinski definition) is 6. The van der Waals surface area contributed by atoms with Crippen LogP contribution in [0.15, 0.2) is 54.7 Å². The van der Waals surface area contributed by atoms with Crippen molar-refractivity contribution in [2.45, 2.75) is 12.3 Å². The molecule has 1 heterocycles. The molecule has 2 amide bonds. The summed E-state index contributed by atoms with van der Waals surface area (Å²) < 4.78 is 12.1. The summed E-state index contributed by atoms with van der Waals surface area (Å²) in [5, 5.41) is 17.9. The van der Waals surface area contributed by atoms with Gasteiger partial charge in [-0.1, -0.05) is 48.5 Å². The van der Waals surface area contributed by atoms with Crippen LogP contribution in [0.3, 0.4) is 0 Å². The SMILES string of the molecule is Cn1cc(NC(=O)OCC2c3ccccc3-c3ccccc32)c(C(=O)NCCOCCC(=O)O)n1. The molecule has 0 bridgehead atoms. The molecule has 1 aromatic heterocycles. The molecule has 2 aromatic carbocycles. The van der Waals surface area contributed by atoms with E-state index >= 15 is 0 Å². The number of carbonyl (C=O) groups excluding carboxylic acids is 2. The molecule has 0 saturated heterocycles. The third-order valence-electron chi connectivity index (χ3n) is 5.62. The Morgan fingerprint density at radius 1 is 1.03 bits per heavy atom. The Labute approximate surface area is 201 Å². The molecule has 10 heteroatoms. The van der Waals surface area contributed by atoms with Gasteiger partial charge in [-0.25, -0.2) is 4.79 Å². The maximum absolute atomic E-state index is 12.6. The maximum Gasteiger partial charge on any atom is 0.411 e. The molecule has 1 aliphatic carbocycles. The molecule has 35 heavy (non-hydrogen) atoms. The summed E-state index contributed by atoms with van der Waals surface area (Å²) in [4.78, 5) is 35.6. The highest BCUT2D eigenvalue weighted by molar-refractivity contribution is 6.00. The highest BCUT2D eigenvalue weighted by Gasteiger charge is 2.29. The number of carboxylic acid groups (broad SMARTS) is 1. The van der Waals surface area contributed by atoms with Crippen LogP contribution in [0.5, 0.6) is 0 Å². The molecule has 0 spiro atoms. The van der Waals surface area contributed by atoms with E-state index in [4.69, 9.17) is 14.6 Å². The lowest BCUT2D eigenvalue weighted by molar-refractivity contribution is -0.138. The second kappa shape index (κ2) is 10.8. The molecule has 182 valence electrons. The zero-order valence-corrected chi connectivity index (χ0v) is 19.2. The van der Waals surface area contributed by atoms with E-state index in [1.807, 2.05) is 36.4 Å². The van der Waals surface area contributed by atoms with Crippen molar-refractivity contribution < 1.29 is 29.0 Å². The lowest BCUT2D eigenvalue weighted by Gasteiger charge is -2.14. The van der Waals surface area contributed by atoms with Gasteiger partial charge in [-0.15, -0.1) is 0 Å². The number of nitrogens with zero attached hydrogens (tertiary/aromatic N) is 2. The lowest BCUT2D eigenvalue weighted by atomic mass is 9.98. The highest BCUT2D eigenvalue weighted by Crippen LogP contribution is 2.44. The van der Waals surface area contributed by atoms with Crippen molar-refractivity contribution in [2.24, 2.45) is 7.05 Å². The van der Waals surface area contributed by atoms with E-state index in [1.54, 1.807) is 7.05 Å². The molecule has 4 rings (SSSR count). The van der Waals surface area contributed by atoms with E-state index in [0.29, 0.717) is 0 Å². The van der Waals surface area contributed by atoms with E-state index in [9.17, 15) is 14.4 Å². The van der Waals surface area contributed by atoms with Crippen molar-refractivity contribution in [1.82, 2.24) is 15.1 Å². The molecule has 0 atom stereocenters. The van der Waals surface area contributed by atoms with Crippen molar-refractivity contribution in [3.63, 3.8) is 0 Å². The number of aromatic nitrogens is 2. The van der Waals surface area contributed by atoms with E-state index in [2.05, 4.69) is 27.9 Å². The minimum atomic E-state index is -0.952. The van der Waals surface area contributed by atoms with E-state index in [1.165, 1.54) is 10.9 Å². The van der Waals surface area contributed by atoms with Crippen molar-refractivity contribution in [3.05, 3.63) is 71.5 Å². The molecule has 3 N–H and O–H groups in total. The second-order valence-electron chi connectivity index (χ2n) is 8.03. The zero-order valence-electron chi connectivity index (χ0n) is 19.2. The van der Waals surface area contributed by atoms with Gasteiger partial charge in [-0.3, -0.25) is 19.6 Å². The normalized spacial score (nSPS) is 12.0. The maximum atomic E-state index is 12.6. The number of rotatable bonds is 10. The van der Waals surface area contributed by atoms with Crippen LogP contribution in [0.1, 0.15) is 34.0 Å². The number of ether oxygens (including phenoxy) is 2. The molecule has 0 radical (unpaired) electrons. The minimum absolute atomic E-state index is 0.0338. The first-order valence-corrected chi connectivity index (χ1v) is 11.2. The first-order chi connectivity index (χ1) is 16.9. The standard InChI is InChI=1S/C25H26N4O6/c1-29-14-21(23(28-29)24(32)26-11-13-34-12-10-22(30)31)27-25(33)35-15-20-18-8-4-2-6-16(18)17-7-3-5-9-19(17)20/h2-9,14,20H,10-13,15H2,1H3,(H,26,32)(H,27,33)(H,30,31). The summed E-state index contributed by atoms with van der Waals surface area (Å²) in [5.74, 6) is -1.53. The smallest absolute Gasteiger partial charge is 0.411 e. The fourth-order valence-corrected chi connectivity index (χ4v) is 4.07. The molecule has 10 nitrogen and oxygen atoms in total.